The molecule has 2 N–H and O–H groups in total. The van der Waals surface area contributed by atoms with Gasteiger partial charge in [0.25, 0.3) is 11.8 Å². The summed E-state index contributed by atoms with van der Waals surface area (Å²) in [4.78, 5) is 39.9. The highest BCUT2D eigenvalue weighted by Crippen LogP contribution is 2.25. The first-order valence-corrected chi connectivity index (χ1v) is 10.3. The van der Waals surface area contributed by atoms with Gasteiger partial charge in [0.1, 0.15) is 5.54 Å². The van der Waals surface area contributed by atoms with Crippen LogP contribution < -0.4 is 10.7 Å². The van der Waals surface area contributed by atoms with E-state index in [4.69, 9.17) is 0 Å². The van der Waals surface area contributed by atoms with Gasteiger partial charge in [-0.1, -0.05) is 30.3 Å². The summed E-state index contributed by atoms with van der Waals surface area (Å²) in [5.74, 6) is -0.810. The second-order valence-electron chi connectivity index (χ2n) is 8.20. The molecule has 8 nitrogen and oxygen atoms in total. The Balaban J connectivity index is 1.35. The molecule has 2 atom stereocenters. The Kier molecular flexibility index (Phi) is 5.34. The summed E-state index contributed by atoms with van der Waals surface area (Å²) in [5, 5.41) is 3.56. The van der Waals surface area contributed by atoms with E-state index in [1.54, 1.807) is 6.92 Å². The summed E-state index contributed by atoms with van der Waals surface area (Å²) in [6, 6.07) is 13.3. The highest BCUT2D eigenvalue weighted by molar-refractivity contribution is 6.07. The summed E-state index contributed by atoms with van der Waals surface area (Å²) in [7, 11) is 0. The number of rotatable bonds is 6. The van der Waals surface area contributed by atoms with Crippen LogP contribution in [0.4, 0.5) is 4.79 Å². The number of hydrazine groups is 1. The molecule has 0 aliphatic carbocycles. The van der Waals surface area contributed by atoms with Crippen LogP contribution in [0.5, 0.6) is 0 Å². The lowest BCUT2D eigenvalue weighted by Crippen LogP contribution is -2.52. The molecule has 1 aromatic carbocycles. The summed E-state index contributed by atoms with van der Waals surface area (Å²) in [6.45, 7) is 5.39. The number of carbonyl (C=O) groups excluding carboxylic acids is 3. The maximum Gasteiger partial charge on any atom is 0.344 e. The van der Waals surface area contributed by atoms with Crippen molar-refractivity contribution in [1.29, 1.82) is 0 Å². The van der Waals surface area contributed by atoms with Crippen molar-refractivity contribution < 1.29 is 14.4 Å². The fraction of sp³-hybridized carbons (Fsp3) is 0.409. The van der Waals surface area contributed by atoms with Gasteiger partial charge in [-0.25, -0.2) is 4.79 Å². The number of amides is 4. The Morgan fingerprint density at radius 3 is 2.70 bits per heavy atom. The molecular weight excluding hydrogens is 382 g/mol. The van der Waals surface area contributed by atoms with Gasteiger partial charge in [-0.05, 0) is 44.4 Å². The van der Waals surface area contributed by atoms with Crippen molar-refractivity contribution in [3.05, 3.63) is 59.9 Å². The number of urea groups is 1. The predicted octanol–water partition coefficient (Wildman–Crippen LogP) is 1.84. The van der Waals surface area contributed by atoms with Crippen molar-refractivity contribution in [1.82, 2.24) is 25.2 Å². The molecule has 158 valence electrons. The molecular formula is C22H27N5O3. The zero-order valence-electron chi connectivity index (χ0n) is 17.3. The largest absolute Gasteiger partial charge is 0.349 e. The van der Waals surface area contributed by atoms with Crippen molar-refractivity contribution in [2.24, 2.45) is 0 Å². The van der Waals surface area contributed by atoms with Gasteiger partial charge in [0.15, 0.2) is 0 Å². The van der Waals surface area contributed by atoms with Crippen LogP contribution >= 0.6 is 0 Å². The molecule has 0 saturated carbocycles. The maximum atomic E-state index is 12.9. The van der Waals surface area contributed by atoms with Crippen molar-refractivity contribution in [2.45, 2.75) is 44.8 Å². The minimum Gasteiger partial charge on any atom is -0.349 e. The van der Waals surface area contributed by atoms with E-state index < -0.39 is 17.5 Å². The number of hydrogen-bond acceptors (Lipinski definition) is 4. The summed E-state index contributed by atoms with van der Waals surface area (Å²) in [5.41, 5.74) is 3.70. The molecule has 1 fully saturated rings. The average molecular weight is 409 g/mol. The molecule has 0 radical (unpaired) electrons. The molecule has 2 aliphatic heterocycles. The molecule has 30 heavy (non-hydrogen) atoms. The lowest BCUT2D eigenvalue weighted by molar-refractivity contribution is -0.139. The number of nitrogens with one attached hydrogen (secondary N) is 2. The molecule has 3 heterocycles. The standard InChI is InChI=1S/C22H27N5O3/c1-16-18-9-6-12-25(18)13-14-26(16)15-19(28)24-27-20(29)22(2,23-21(27)30)11-10-17-7-4-3-5-8-17/h3-9,12,16H,10-11,13-15H2,1-2H3,(H,23,30)(H,24,28). The monoisotopic (exact) mass is 409 g/mol. The zero-order valence-corrected chi connectivity index (χ0v) is 17.3. The minimum absolute atomic E-state index is 0.0822. The Hall–Kier alpha value is -3.13. The van der Waals surface area contributed by atoms with Gasteiger partial charge in [0.2, 0.25) is 0 Å². The lowest BCUT2D eigenvalue weighted by Gasteiger charge is -2.34. The smallest absolute Gasteiger partial charge is 0.344 e. The molecule has 2 aromatic rings. The van der Waals surface area contributed by atoms with E-state index in [0.717, 1.165) is 29.4 Å². The van der Waals surface area contributed by atoms with Crippen molar-refractivity contribution >= 4 is 17.8 Å². The highest BCUT2D eigenvalue weighted by atomic mass is 16.2. The summed E-state index contributed by atoms with van der Waals surface area (Å²) >= 11 is 0. The average Bonchev–Trinajstić information content (AvgIpc) is 3.29. The fourth-order valence-electron chi connectivity index (χ4n) is 4.18. The van der Waals surface area contributed by atoms with Crippen LogP contribution in [0, 0.1) is 0 Å². The third-order valence-corrected chi connectivity index (χ3v) is 6.07. The molecule has 1 saturated heterocycles. The molecule has 2 unspecified atom stereocenters. The highest BCUT2D eigenvalue weighted by Gasteiger charge is 2.48. The number of aromatic nitrogens is 1. The maximum absolute atomic E-state index is 12.9. The minimum atomic E-state index is -1.04. The van der Waals surface area contributed by atoms with E-state index in [2.05, 4.69) is 15.3 Å². The number of carbonyl (C=O) groups is 3. The Labute approximate surface area is 175 Å². The van der Waals surface area contributed by atoms with Gasteiger partial charge in [0, 0.05) is 31.0 Å². The molecule has 0 bridgehead atoms. The van der Waals surface area contributed by atoms with Gasteiger partial charge in [0.05, 0.1) is 6.54 Å². The topological polar surface area (TPSA) is 86.7 Å². The van der Waals surface area contributed by atoms with E-state index in [0.29, 0.717) is 12.8 Å². The van der Waals surface area contributed by atoms with E-state index >= 15 is 0 Å². The van der Waals surface area contributed by atoms with Crippen molar-refractivity contribution in [2.75, 3.05) is 13.1 Å². The van der Waals surface area contributed by atoms with Crippen LogP contribution in [-0.4, -0.2) is 50.9 Å². The van der Waals surface area contributed by atoms with Crippen LogP contribution in [0.25, 0.3) is 0 Å². The summed E-state index contributed by atoms with van der Waals surface area (Å²) in [6.07, 6.45) is 3.14. The molecule has 0 spiro atoms. The van der Waals surface area contributed by atoms with E-state index in [-0.39, 0.29) is 18.5 Å². The molecule has 4 rings (SSSR count). The van der Waals surface area contributed by atoms with Crippen LogP contribution in [0.3, 0.4) is 0 Å². The quantitative estimate of drug-likeness (QED) is 0.713. The van der Waals surface area contributed by atoms with E-state index in [1.807, 2.05) is 60.5 Å². The number of imide groups is 1. The number of nitrogens with zero attached hydrogens (tertiary/aromatic N) is 3. The SMILES string of the molecule is CC1c2cccn2CCN1CC(=O)NN1C(=O)NC(C)(CCc2ccccc2)C1=O. The van der Waals surface area contributed by atoms with E-state index in [9.17, 15) is 14.4 Å². The van der Waals surface area contributed by atoms with Gasteiger partial charge >= 0.3 is 6.03 Å². The van der Waals surface area contributed by atoms with Gasteiger partial charge < -0.3 is 9.88 Å². The first-order chi connectivity index (χ1) is 14.4. The molecule has 8 heteroatoms. The summed E-state index contributed by atoms with van der Waals surface area (Å²) < 4.78 is 2.18. The lowest BCUT2D eigenvalue weighted by atomic mass is 9.93. The third kappa shape index (κ3) is 3.82. The van der Waals surface area contributed by atoms with Gasteiger partial charge in [-0.3, -0.25) is 19.9 Å². The van der Waals surface area contributed by atoms with Crippen LogP contribution in [0.2, 0.25) is 0 Å². The zero-order chi connectivity index (χ0) is 21.3. The van der Waals surface area contributed by atoms with Crippen LogP contribution in [0.15, 0.2) is 48.7 Å². The molecule has 2 aliphatic rings. The molecule has 1 aromatic heterocycles. The number of benzene rings is 1. The first kappa shape index (κ1) is 20.2. The second-order valence-corrected chi connectivity index (χ2v) is 8.20. The Morgan fingerprint density at radius 1 is 1.17 bits per heavy atom. The van der Waals surface area contributed by atoms with Crippen molar-refractivity contribution in [3.63, 3.8) is 0 Å². The number of aryl methyl sites for hydroxylation is 1. The Morgan fingerprint density at radius 2 is 1.93 bits per heavy atom. The van der Waals surface area contributed by atoms with Gasteiger partial charge in [-0.2, -0.15) is 5.01 Å². The Bertz CT molecular complexity index is 957. The van der Waals surface area contributed by atoms with Crippen LogP contribution in [0.1, 0.15) is 37.6 Å². The predicted molar refractivity (Wildman–Crippen MR) is 111 cm³/mol. The third-order valence-electron chi connectivity index (χ3n) is 6.07. The van der Waals surface area contributed by atoms with Crippen molar-refractivity contribution in [3.8, 4) is 0 Å². The van der Waals surface area contributed by atoms with E-state index in [1.165, 1.54) is 0 Å². The normalized spacial score (nSPS) is 23.9. The number of hydrogen-bond donors (Lipinski definition) is 2. The number of fused-ring (bicyclic) bond motifs is 1. The first-order valence-electron chi connectivity index (χ1n) is 10.3. The second kappa shape index (κ2) is 7.95. The fourth-order valence-corrected chi connectivity index (χ4v) is 4.18. The van der Waals surface area contributed by atoms with Crippen LogP contribution in [-0.2, 0) is 22.6 Å². The van der Waals surface area contributed by atoms with Gasteiger partial charge in [-0.15, -0.1) is 0 Å². The molecule has 4 amide bonds.